The molecule has 0 spiro atoms. The van der Waals surface area contributed by atoms with Gasteiger partial charge in [-0.15, -0.1) is 0 Å². The summed E-state index contributed by atoms with van der Waals surface area (Å²) in [5.41, 5.74) is 0. The molecule has 1 aromatic heterocycles. The summed E-state index contributed by atoms with van der Waals surface area (Å²) in [7, 11) is 3.38. The second-order valence-corrected chi connectivity index (χ2v) is 4.86. The summed E-state index contributed by atoms with van der Waals surface area (Å²) in [5.74, 6) is 0.670. The Morgan fingerprint density at radius 1 is 1.42 bits per heavy atom. The molecule has 0 bridgehead atoms. The Morgan fingerprint density at radius 2 is 2.16 bits per heavy atom. The minimum absolute atomic E-state index is 0.0798. The van der Waals surface area contributed by atoms with Crippen molar-refractivity contribution in [2.75, 3.05) is 33.7 Å². The number of likely N-dealkylation sites (N-methyl/N-ethyl adjacent to an activating group) is 1. The third-order valence-corrected chi connectivity index (χ3v) is 3.18. The van der Waals surface area contributed by atoms with Crippen molar-refractivity contribution in [2.45, 2.75) is 13.0 Å². The molecule has 2 amide bonds. The standard InChI is InChI=1S/C13H19N3O3/c1-9-4-5-11(19-9)13(18)16-7-6-14-8-10(16)12(17)15(2)3/h4-5,10,14H,6-8H2,1-3H3. The highest BCUT2D eigenvalue weighted by Gasteiger charge is 2.34. The molecule has 6 heteroatoms. The molecule has 19 heavy (non-hydrogen) atoms. The molecule has 0 saturated carbocycles. The summed E-state index contributed by atoms with van der Waals surface area (Å²) < 4.78 is 5.35. The molecule has 1 aromatic rings. The molecule has 1 N–H and O–H groups in total. The molecule has 104 valence electrons. The highest BCUT2D eigenvalue weighted by Crippen LogP contribution is 2.14. The van der Waals surface area contributed by atoms with Gasteiger partial charge in [-0.3, -0.25) is 9.59 Å². The minimum Gasteiger partial charge on any atom is -0.456 e. The van der Waals surface area contributed by atoms with Gasteiger partial charge in [0.2, 0.25) is 5.91 Å². The molecule has 1 aliphatic heterocycles. The lowest BCUT2D eigenvalue weighted by Gasteiger charge is -2.35. The molecular formula is C13H19N3O3. The van der Waals surface area contributed by atoms with Crippen LogP contribution in [-0.2, 0) is 4.79 Å². The number of nitrogens with one attached hydrogen (secondary N) is 1. The molecule has 1 aliphatic rings. The summed E-state index contributed by atoms with van der Waals surface area (Å²) in [6, 6.07) is 2.93. The van der Waals surface area contributed by atoms with Crippen LogP contribution in [0.1, 0.15) is 16.3 Å². The summed E-state index contributed by atoms with van der Waals surface area (Å²) in [5, 5.41) is 3.14. The Morgan fingerprint density at radius 3 is 2.74 bits per heavy atom. The molecule has 1 saturated heterocycles. The van der Waals surface area contributed by atoms with E-state index < -0.39 is 6.04 Å². The molecular weight excluding hydrogens is 246 g/mol. The van der Waals surface area contributed by atoms with Gasteiger partial charge >= 0.3 is 0 Å². The number of carbonyl (C=O) groups excluding carboxylic acids is 2. The van der Waals surface area contributed by atoms with E-state index in [9.17, 15) is 9.59 Å². The first-order valence-corrected chi connectivity index (χ1v) is 6.30. The number of hydrogen-bond donors (Lipinski definition) is 1. The van der Waals surface area contributed by atoms with Crippen LogP contribution in [0.2, 0.25) is 0 Å². The Bertz CT molecular complexity index is 481. The number of amides is 2. The predicted octanol–water partition coefficient (Wildman–Crippen LogP) is 0.0902. The predicted molar refractivity (Wildman–Crippen MR) is 69.8 cm³/mol. The molecule has 1 fully saturated rings. The number of nitrogens with zero attached hydrogens (tertiary/aromatic N) is 2. The van der Waals surface area contributed by atoms with Crippen molar-refractivity contribution in [1.29, 1.82) is 0 Å². The fourth-order valence-corrected chi connectivity index (χ4v) is 2.16. The van der Waals surface area contributed by atoms with Gasteiger partial charge in [-0.25, -0.2) is 0 Å². The Hall–Kier alpha value is -1.82. The zero-order valence-electron chi connectivity index (χ0n) is 11.5. The number of piperazine rings is 1. The summed E-state index contributed by atoms with van der Waals surface area (Å²) in [6.07, 6.45) is 0. The zero-order valence-corrected chi connectivity index (χ0v) is 11.5. The van der Waals surface area contributed by atoms with Gasteiger partial charge in [0, 0.05) is 33.7 Å². The zero-order chi connectivity index (χ0) is 14.0. The van der Waals surface area contributed by atoms with Gasteiger partial charge in [0.15, 0.2) is 5.76 Å². The Labute approximate surface area is 112 Å². The fourth-order valence-electron chi connectivity index (χ4n) is 2.16. The monoisotopic (exact) mass is 265 g/mol. The van der Waals surface area contributed by atoms with Gasteiger partial charge in [-0.2, -0.15) is 0 Å². The van der Waals surface area contributed by atoms with Crippen LogP contribution in [0.25, 0.3) is 0 Å². The van der Waals surface area contributed by atoms with Crippen LogP contribution in [-0.4, -0.2) is 61.4 Å². The third kappa shape index (κ3) is 2.78. The van der Waals surface area contributed by atoms with Crippen molar-refractivity contribution in [2.24, 2.45) is 0 Å². The van der Waals surface area contributed by atoms with Gasteiger partial charge in [-0.1, -0.05) is 0 Å². The highest BCUT2D eigenvalue weighted by atomic mass is 16.3. The van der Waals surface area contributed by atoms with E-state index in [2.05, 4.69) is 5.32 Å². The second-order valence-electron chi connectivity index (χ2n) is 4.86. The van der Waals surface area contributed by atoms with Gasteiger partial charge in [0.1, 0.15) is 11.8 Å². The van der Waals surface area contributed by atoms with E-state index in [1.165, 1.54) is 4.90 Å². The summed E-state index contributed by atoms with van der Waals surface area (Å²) in [6.45, 7) is 3.45. The van der Waals surface area contributed by atoms with E-state index in [0.717, 1.165) is 0 Å². The largest absolute Gasteiger partial charge is 0.456 e. The van der Waals surface area contributed by atoms with E-state index >= 15 is 0 Å². The Balaban J connectivity index is 2.20. The maximum absolute atomic E-state index is 12.4. The lowest BCUT2D eigenvalue weighted by Crippen LogP contribution is -2.59. The van der Waals surface area contributed by atoms with Crippen molar-refractivity contribution >= 4 is 11.8 Å². The molecule has 2 heterocycles. The molecule has 1 atom stereocenters. The van der Waals surface area contributed by atoms with Crippen LogP contribution in [0.4, 0.5) is 0 Å². The van der Waals surface area contributed by atoms with Crippen LogP contribution in [0.3, 0.4) is 0 Å². The average molecular weight is 265 g/mol. The number of hydrogen-bond acceptors (Lipinski definition) is 4. The minimum atomic E-state index is -0.471. The van der Waals surface area contributed by atoms with Crippen molar-refractivity contribution < 1.29 is 14.0 Å². The molecule has 6 nitrogen and oxygen atoms in total. The molecule has 1 unspecified atom stereocenters. The van der Waals surface area contributed by atoms with E-state index in [1.54, 1.807) is 38.1 Å². The van der Waals surface area contributed by atoms with Crippen LogP contribution < -0.4 is 5.32 Å². The molecule has 0 aliphatic carbocycles. The normalized spacial score (nSPS) is 19.3. The molecule has 2 rings (SSSR count). The first-order valence-electron chi connectivity index (χ1n) is 6.30. The number of aryl methyl sites for hydroxylation is 1. The number of furan rings is 1. The van der Waals surface area contributed by atoms with Gasteiger partial charge in [0.05, 0.1) is 0 Å². The smallest absolute Gasteiger partial charge is 0.290 e. The van der Waals surface area contributed by atoms with E-state index in [4.69, 9.17) is 4.42 Å². The van der Waals surface area contributed by atoms with Gasteiger partial charge in [0.25, 0.3) is 5.91 Å². The average Bonchev–Trinajstić information content (AvgIpc) is 2.83. The Kier molecular flexibility index (Phi) is 3.90. The van der Waals surface area contributed by atoms with Crippen molar-refractivity contribution in [3.63, 3.8) is 0 Å². The third-order valence-electron chi connectivity index (χ3n) is 3.18. The first-order chi connectivity index (χ1) is 9.00. The molecule has 0 radical (unpaired) electrons. The summed E-state index contributed by atoms with van der Waals surface area (Å²) >= 11 is 0. The summed E-state index contributed by atoms with van der Waals surface area (Å²) in [4.78, 5) is 27.6. The topological polar surface area (TPSA) is 65.8 Å². The lowest BCUT2D eigenvalue weighted by atomic mass is 10.1. The number of rotatable bonds is 2. The SMILES string of the molecule is Cc1ccc(C(=O)N2CCNCC2C(=O)N(C)C)o1. The quantitative estimate of drug-likeness (QED) is 0.823. The van der Waals surface area contributed by atoms with Crippen molar-refractivity contribution in [1.82, 2.24) is 15.1 Å². The lowest BCUT2D eigenvalue weighted by molar-refractivity contribution is -0.134. The maximum atomic E-state index is 12.4. The van der Waals surface area contributed by atoms with Crippen LogP contribution in [0, 0.1) is 6.92 Å². The van der Waals surface area contributed by atoms with Crippen LogP contribution >= 0.6 is 0 Å². The van der Waals surface area contributed by atoms with E-state index in [1.807, 2.05) is 0 Å². The highest BCUT2D eigenvalue weighted by molar-refractivity contribution is 5.95. The first kappa shape index (κ1) is 13.6. The van der Waals surface area contributed by atoms with Gasteiger partial charge < -0.3 is 19.5 Å². The van der Waals surface area contributed by atoms with Crippen molar-refractivity contribution in [3.05, 3.63) is 23.7 Å². The second kappa shape index (κ2) is 5.44. The van der Waals surface area contributed by atoms with E-state index in [-0.39, 0.29) is 17.6 Å². The van der Waals surface area contributed by atoms with Crippen LogP contribution in [0.5, 0.6) is 0 Å². The van der Waals surface area contributed by atoms with Gasteiger partial charge in [-0.05, 0) is 19.1 Å². The van der Waals surface area contributed by atoms with Crippen molar-refractivity contribution in [3.8, 4) is 0 Å². The van der Waals surface area contributed by atoms with E-state index in [0.29, 0.717) is 25.4 Å². The molecule has 0 aromatic carbocycles. The van der Waals surface area contributed by atoms with Crippen LogP contribution in [0.15, 0.2) is 16.5 Å². The maximum Gasteiger partial charge on any atom is 0.290 e. The fraction of sp³-hybridized carbons (Fsp3) is 0.538. The number of carbonyl (C=O) groups is 2.